The number of aryl methyl sites for hydroxylation is 1. The van der Waals surface area contributed by atoms with Crippen molar-refractivity contribution in [2.24, 2.45) is 5.92 Å². The molecule has 0 saturated carbocycles. The first kappa shape index (κ1) is 32.4. The molecule has 0 aliphatic carbocycles. The lowest BCUT2D eigenvalue weighted by molar-refractivity contribution is -0.159. The Morgan fingerprint density at radius 1 is 0.652 bits per heavy atom. The van der Waals surface area contributed by atoms with Gasteiger partial charge < -0.3 is 19.3 Å². The Hall–Kier alpha value is -5.04. The predicted molar refractivity (Wildman–Crippen MR) is 177 cm³/mol. The number of carbonyl (C=O) groups is 2. The molecule has 5 aromatic carbocycles. The Labute approximate surface area is 270 Å². The number of aliphatic hydroxyl groups is 1. The lowest BCUT2D eigenvalue weighted by Crippen LogP contribution is -2.40. The number of hydrogen-bond acceptors (Lipinski definition) is 6. The maximum Gasteiger partial charge on any atom is 0.337 e. The van der Waals surface area contributed by atoms with Crippen LogP contribution >= 0.6 is 0 Å². The Balaban J connectivity index is 1.45. The summed E-state index contributed by atoms with van der Waals surface area (Å²) >= 11 is 0. The smallest absolute Gasteiger partial charge is 0.337 e. The van der Waals surface area contributed by atoms with Crippen molar-refractivity contribution in [3.8, 4) is 0 Å². The highest BCUT2D eigenvalue weighted by molar-refractivity contribution is 5.89. The summed E-state index contributed by atoms with van der Waals surface area (Å²) in [7, 11) is 1.34. The van der Waals surface area contributed by atoms with Crippen LogP contribution in [-0.4, -0.2) is 36.9 Å². The molecule has 2 atom stereocenters. The average Bonchev–Trinajstić information content (AvgIpc) is 3.13. The third-order valence-electron chi connectivity index (χ3n) is 8.12. The minimum atomic E-state index is -1.07. The van der Waals surface area contributed by atoms with Crippen molar-refractivity contribution in [2.75, 3.05) is 13.7 Å². The topological polar surface area (TPSA) is 82.1 Å². The van der Waals surface area contributed by atoms with E-state index in [0.29, 0.717) is 12.0 Å². The fraction of sp³-hybridized carbons (Fsp3) is 0.200. The minimum Gasteiger partial charge on any atom is -0.465 e. The number of rotatable bonds is 14. The van der Waals surface area contributed by atoms with E-state index in [-0.39, 0.29) is 19.6 Å². The van der Waals surface area contributed by atoms with Gasteiger partial charge in [-0.25, -0.2) is 4.79 Å². The Bertz CT molecular complexity index is 1560. The number of benzene rings is 5. The number of carbonyl (C=O) groups excluding carboxylic acids is 2. The molecule has 6 heteroatoms. The van der Waals surface area contributed by atoms with E-state index in [1.807, 2.05) is 133 Å². The van der Waals surface area contributed by atoms with E-state index in [2.05, 4.69) is 0 Å². The molecule has 5 rings (SSSR count). The molecule has 0 heterocycles. The molecule has 0 bridgehead atoms. The highest BCUT2D eigenvalue weighted by Crippen LogP contribution is 2.41. The Morgan fingerprint density at radius 2 is 1.13 bits per heavy atom. The zero-order valence-electron chi connectivity index (χ0n) is 25.8. The van der Waals surface area contributed by atoms with Crippen LogP contribution in [0.2, 0.25) is 0 Å². The zero-order chi connectivity index (χ0) is 32.2. The van der Waals surface area contributed by atoms with Gasteiger partial charge in [0.25, 0.3) is 0 Å². The van der Waals surface area contributed by atoms with Gasteiger partial charge in [0.1, 0.15) is 18.1 Å². The van der Waals surface area contributed by atoms with Gasteiger partial charge in [-0.1, -0.05) is 133 Å². The van der Waals surface area contributed by atoms with Gasteiger partial charge in [-0.2, -0.15) is 0 Å². The second kappa shape index (κ2) is 15.8. The number of methoxy groups -OCH3 is 1. The van der Waals surface area contributed by atoms with Crippen LogP contribution in [0.15, 0.2) is 146 Å². The third-order valence-corrected chi connectivity index (χ3v) is 8.12. The van der Waals surface area contributed by atoms with Gasteiger partial charge in [0.15, 0.2) is 0 Å². The van der Waals surface area contributed by atoms with Crippen molar-refractivity contribution in [3.63, 3.8) is 0 Å². The summed E-state index contributed by atoms with van der Waals surface area (Å²) in [5, 5.41) is 11.6. The molecule has 0 aliphatic rings. The summed E-state index contributed by atoms with van der Waals surface area (Å²) in [5.74, 6) is -1.93. The van der Waals surface area contributed by atoms with E-state index in [1.165, 1.54) is 7.11 Å². The van der Waals surface area contributed by atoms with Crippen LogP contribution < -0.4 is 0 Å². The second-order valence-corrected chi connectivity index (χ2v) is 11.1. The molecule has 0 aromatic heterocycles. The van der Waals surface area contributed by atoms with E-state index in [9.17, 15) is 14.7 Å². The summed E-state index contributed by atoms with van der Waals surface area (Å²) in [4.78, 5) is 25.6. The quantitative estimate of drug-likeness (QED) is 0.106. The molecule has 0 radical (unpaired) electrons. The molecule has 5 aromatic rings. The maximum atomic E-state index is 13.7. The van der Waals surface area contributed by atoms with Gasteiger partial charge in [0.05, 0.1) is 25.4 Å². The molecular weight excluding hydrogens is 576 g/mol. The van der Waals surface area contributed by atoms with E-state index in [0.717, 1.165) is 27.8 Å². The fourth-order valence-corrected chi connectivity index (χ4v) is 5.60. The Morgan fingerprint density at radius 3 is 1.61 bits per heavy atom. The molecule has 0 saturated heterocycles. The first-order valence-corrected chi connectivity index (χ1v) is 15.4. The first-order valence-electron chi connectivity index (χ1n) is 15.4. The Kier molecular flexibility index (Phi) is 11.1. The van der Waals surface area contributed by atoms with Crippen molar-refractivity contribution in [1.29, 1.82) is 0 Å². The SMILES string of the molecule is COC(=O)c1ccc(CC[C@H](O)[C@H](COC(c2ccccc2)(c2ccccc2)c2ccccc2)C(=O)OCc2ccccc2)cc1. The van der Waals surface area contributed by atoms with E-state index in [1.54, 1.807) is 12.1 Å². The van der Waals surface area contributed by atoms with Crippen LogP contribution in [0, 0.1) is 5.92 Å². The van der Waals surface area contributed by atoms with Crippen LogP contribution in [0.25, 0.3) is 0 Å². The van der Waals surface area contributed by atoms with Gasteiger partial charge in [0.2, 0.25) is 0 Å². The number of aliphatic hydroxyl groups excluding tert-OH is 1. The summed E-state index contributed by atoms with van der Waals surface area (Å²) < 4.78 is 17.5. The summed E-state index contributed by atoms with van der Waals surface area (Å²) in [6.45, 7) is -0.0200. The minimum absolute atomic E-state index is 0.0824. The fourth-order valence-electron chi connectivity index (χ4n) is 5.60. The van der Waals surface area contributed by atoms with Crippen molar-refractivity contribution < 1.29 is 28.9 Å². The van der Waals surface area contributed by atoms with Crippen LogP contribution in [0.5, 0.6) is 0 Å². The molecular formula is C40H38O6. The average molecular weight is 615 g/mol. The first-order chi connectivity index (χ1) is 22.5. The summed E-state index contributed by atoms with van der Waals surface area (Å²) in [6, 6.07) is 46.2. The summed E-state index contributed by atoms with van der Waals surface area (Å²) in [5.41, 5.74) is 3.82. The molecule has 0 spiro atoms. The zero-order valence-corrected chi connectivity index (χ0v) is 25.8. The largest absolute Gasteiger partial charge is 0.465 e. The maximum absolute atomic E-state index is 13.7. The highest BCUT2D eigenvalue weighted by atomic mass is 16.5. The van der Waals surface area contributed by atoms with Crippen molar-refractivity contribution >= 4 is 11.9 Å². The van der Waals surface area contributed by atoms with Gasteiger partial charge in [0, 0.05) is 0 Å². The number of ether oxygens (including phenoxy) is 3. The van der Waals surface area contributed by atoms with Gasteiger partial charge in [-0.05, 0) is 52.8 Å². The van der Waals surface area contributed by atoms with Crippen LogP contribution in [-0.2, 0) is 37.6 Å². The molecule has 0 aliphatic heterocycles. The van der Waals surface area contributed by atoms with Crippen molar-refractivity contribution in [2.45, 2.75) is 31.2 Å². The monoisotopic (exact) mass is 614 g/mol. The van der Waals surface area contributed by atoms with E-state index in [4.69, 9.17) is 14.2 Å². The number of hydrogen-bond donors (Lipinski definition) is 1. The van der Waals surface area contributed by atoms with Gasteiger partial charge >= 0.3 is 11.9 Å². The standard InChI is InChI=1S/C40H38O6/c1-44-38(42)32-25-22-30(23-26-32)24-27-37(41)36(39(43)45-28-31-14-6-2-7-15-31)29-46-40(33-16-8-3-9-17-33,34-18-10-4-11-19-34)35-20-12-5-13-21-35/h2-23,25-26,36-37,41H,24,27-29H2,1H3/t36-,37-/m0/s1. The van der Waals surface area contributed by atoms with Crippen LogP contribution in [0.4, 0.5) is 0 Å². The lowest BCUT2D eigenvalue weighted by atomic mass is 9.80. The normalized spacial score (nSPS) is 12.6. The van der Waals surface area contributed by atoms with Crippen LogP contribution in [0.3, 0.4) is 0 Å². The van der Waals surface area contributed by atoms with E-state index < -0.39 is 29.6 Å². The van der Waals surface area contributed by atoms with Crippen LogP contribution in [0.1, 0.15) is 44.6 Å². The molecule has 0 unspecified atom stereocenters. The number of esters is 2. The molecule has 1 N–H and O–H groups in total. The molecule has 46 heavy (non-hydrogen) atoms. The molecule has 234 valence electrons. The predicted octanol–water partition coefficient (Wildman–Crippen LogP) is 7.14. The molecule has 6 nitrogen and oxygen atoms in total. The lowest BCUT2D eigenvalue weighted by Gasteiger charge is -2.37. The van der Waals surface area contributed by atoms with Gasteiger partial charge in [-0.3, -0.25) is 4.79 Å². The van der Waals surface area contributed by atoms with E-state index >= 15 is 0 Å². The van der Waals surface area contributed by atoms with Crippen molar-refractivity contribution in [3.05, 3.63) is 179 Å². The molecule has 0 amide bonds. The second-order valence-electron chi connectivity index (χ2n) is 11.1. The van der Waals surface area contributed by atoms with Crippen molar-refractivity contribution in [1.82, 2.24) is 0 Å². The highest BCUT2D eigenvalue weighted by Gasteiger charge is 2.40. The molecule has 0 fully saturated rings. The summed E-state index contributed by atoms with van der Waals surface area (Å²) in [6.07, 6.45) is -0.309. The third kappa shape index (κ3) is 7.78. The van der Waals surface area contributed by atoms with Gasteiger partial charge in [-0.15, -0.1) is 0 Å².